The van der Waals surface area contributed by atoms with E-state index in [9.17, 15) is 0 Å². The number of rotatable bonds is 1. The van der Waals surface area contributed by atoms with Crippen molar-refractivity contribution < 1.29 is 0 Å². The van der Waals surface area contributed by atoms with E-state index in [0.29, 0.717) is 0 Å². The van der Waals surface area contributed by atoms with Gasteiger partial charge in [0.05, 0.1) is 6.04 Å². The first-order chi connectivity index (χ1) is 9.08. The maximum Gasteiger partial charge on any atom is 0.0579 e. The Balaban J connectivity index is 2.08. The van der Waals surface area contributed by atoms with Crippen LogP contribution in [-0.2, 0) is 5.41 Å². The summed E-state index contributed by atoms with van der Waals surface area (Å²) in [5, 5.41) is 4.44. The maximum absolute atomic E-state index is 5.98. The fourth-order valence-corrected chi connectivity index (χ4v) is 3.01. The van der Waals surface area contributed by atoms with Crippen LogP contribution in [0, 0.1) is 0 Å². The van der Waals surface area contributed by atoms with Crippen molar-refractivity contribution in [3.05, 3.63) is 70.2 Å². The van der Waals surface area contributed by atoms with Crippen LogP contribution in [0.4, 0.5) is 0 Å². The van der Waals surface area contributed by atoms with Gasteiger partial charge >= 0.3 is 0 Å². The van der Waals surface area contributed by atoms with E-state index in [1.807, 2.05) is 12.1 Å². The number of hydrogen-bond acceptors (Lipinski definition) is 1. The smallest absolute Gasteiger partial charge is 0.0579 e. The monoisotopic (exact) mass is 271 g/mol. The Bertz CT molecular complexity index is 586. The van der Waals surface area contributed by atoms with Crippen molar-refractivity contribution in [3.63, 3.8) is 0 Å². The molecule has 0 aromatic heterocycles. The van der Waals surface area contributed by atoms with E-state index in [4.69, 9.17) is 11.6 Å². The third-order valence-electron chi connectivity index (χ3n) is 3.95. The van der Waals surface area contributed by atoms with E-state index in [0.717, 1.165) is 11.6 Å². The van der Waals surface area contributed by atoms with Crippen molar-refractivity contribution in [1.29, 1.82) is 0 Å². The maximum atomic E-state index is 5.98. The summed E-state index contributed by atoms with van der Waals surface area (Å²) in [5.74, 6) is 0. The van der Waals surface area contributed by atoms with Crippen molar-refractivity contribution in [2.75, 3.05) is 6.54 Å². The fraction of sp³-hybridized carbons (Fsp3) is 0.294. The van der Waals surface area contributed by atoms with E-state index in [1.165, 1.54) is 16.7 Å². The molecule has 0 radical (unpaired) electrons. The van der Waals surface area contributed by atoms with Crippen LogP contribution in [0.5, 0.6) is 0 Å². The Hall–Kier alpha value is -1.31. The number of benzene rings is 2. The quantitative estimate of drug-likeness (QED) is 0.815. The van der Waals surface area contributed by atoms with Crippen molar-refractivity contribution in [1.82, 2.24) is 5.32 Å². The average Bonchev–Trinajstić information content (AvgIpc) is 2.41. The molecule has 2 aromatic rings. The molecule has 1 atom stereocenters. The van der Waals surface area contributed by atoms with Crippen LogP contribution in [0.1, 0.15) is 36.6 Å². The summed E-state index contributed by atoms with van der Waals surface area (Å²) in [5.41, 5.74) is 4.27. The van der Waals surface area contributed by atoms with E-state index in [1.54, 1.807) is 0 Å². The minimum Gasteiger partial charge on any atom is -0.305 e. The van der Waals surface area contributed by atoms with E-state index in [-0.39, 0.29) is 11.5 Å². The Morgan fingerprint density at radius 3 is 2.47 bits per heavy atom. The lowest BCUT2D eigenvalue weighted by Gasteiger charge is -2.38. The van der Waals surface area contributed by atoms with Gasteiger partial charge in [0.15, 0.2) is 0 Å². The van der Waals surface area contributed by atoms with Crippen LogP contribution in [-0.4, -0.2) is 6.54 Å². The Kier molecular flexibility index (Phi) is 3.12. The molecule has 2 aromatic carbocycles. The summed E-state index contributed by atoms with van der Waals surface area (Å²) in [6.07, 6.45) is 0. The molecule has 1 heterocycles. The lowest BCUT2D eigenvalue weighted by atomic mass is 9.75. The van der Waals surface area contributed by atoms with Gasteiger partial charge in [-0.15, -0.1) is 0 Å². The molecule has 0 aliphatic carbocycles. The zero-order valence-electron chi connectivity index (χ0n) is 11.3. The van der Waals surface area contributed by atoms with Gasteiger partial charge in [-0.25, -0.2) is 0 Å². The summed E-state index contributed by atoms with van der Waals surface area (Å²) in [6, 6.07) is 17.1. The SMILES string of the molecule is CC1(C)CNC(c2ccc(Cl)cc2)c2ccccc21. The molecule has 0 saturated heterocycles. The van der Waals surface area contributed by atoms with Gasteiger partial charge in [0, 0.05) is 17.0 Å². The fourth-order valence-electron chi connectivity index (χ4n) is 2.88. The zero-order chi connectivity index (χ0) is 13.5. The minimum absolute atomic E-state index is 0.180. The van der Waals surface area contributed by atoms with Gasteiger partial charge < -0.3 is 5.32 Å². The Labute approximate surface area is 119 Å². The first-order valence-electron chi connectivity index (χ1n) is 6.66. The topological polar surface area (TPSA) is 12.0 Å². The standard InChI is InChI=1S/C17H18ClN/c1-17(2)11-19-16(12-7-9-13(18)10-8-12)14-5-3-4-6-15(14)17/h3-10,16,19H,11H2,1-2H3. The normalized spacial score (nSPS) is 20.9. The molecule has 0 spiro atoms. The first-order valence-corrected chi connectivity index (χ1v) is 7.04. The molecule has 0 fully saturated rings. The van der Waals surface area contributed by atoms with Crippen LogP contribution in [0.3, 0.4) is 0 Å². The third-order valence-corrected chi connectivity index (χ3v) is 4.20. The summed E-state index contributed by atoms with van der Waals surface area (Å²) in [4.78, 5) is 0. The van der Waals surface area contributed by atoms with Crippen LogP contribution in [0.2, 0.25) is 5.02 Å². The van der Waals surface area contributed by atoms with Gasteiger partial charge in [0.25, 0.3) is 0 Å². The third kappa shape index (κ3) is 2.29. The lowest BCUT2D eigenvalue weighted by Crippen LogP contribution is -2.42. The molecule has 1 unspecified atom stereocenters. The second-order valence-electron chi connectivity index (χ2n) is 5.84. The number of fused-ring (bicyclic) bond motifs is 1. The van der Waals surface area contributed by atoms with Crippen LogP contribution in [0.25, 0.3) is 0 Å². The predicted octanol–water partition coefficient (Wildman–Crippen LogP) is 4.31. The molecule has 0 saturated carbocycles. The molecule has 1 nitrogen and oxygen atoms in total. The largest absolute Gasteiger partial charge is 0.305 e. The zero-order valence-corrected chi connectivity index (χ0v) is 12.0. The van der Waals surface area contributed by atoms with Crippen molar-refractivity contribution in [3.8, 4) is 0 Å². The Morgan fingerprint density at radius 1 is 1.05 bits per heavy atom. The van der Waals surface area contributed by atoms with Crippen molar-refractivity contribution in [2.24, 2.45) is 0 Å². The summed E-state index contributed by atoms with van der Waals surface area (Å²) in [6.45, 7) is 5.56. The van der Waals surface area contributed by atoms with E-state index >= 15 is 0 Å². The van der Waals surface area contributed by atoms with Crippen LogP contribution >= 0.6 is 11.6 Å². The summed E-state index contributed by atoms with van der Waals surface area (Å²) < 4.78 is 0. The highest BCUT2D eigenvalue weighted by Crippen LogP contribution is 2.37. The molecule has 2 heteroatoms. The highest BCUT2D eigenvalue weighted by molar-refractivity contribution is 6.30. The van der Waals surface area contributed by atoms with Gasteiger partial charge in [-0.05, 0) is 28.8 Å². The summed E-state index contributed by atoms with van der Waals surface area (Å²) in [7, 11) is 0. The van der Waals surface area contributed by atoms with E-state index in [2.05, 4.69) is 55.6 Å². The molecule has 0 bridgehead atoms. The second-order valence-corrected chi connectivity index (χ2v) is 6.27. The predicted molar refractivity (Wildman–Crippen MR) is 80.8 cm³/mol. The molecule has 98 valence electrons. The molecule has 1 aliphatic heterocycles. The number of nitrogens with one attached hydrogen (secondary N) is 1. The van der Waals surface area contributed by atoms with Gasteiger partial charge in [-0.3, -0.25) is 0 Å². The first kappa shape index (κ1) is 12.7. The van der Waals surface area contributed by atoms with Gasteiger partial charge in [0.1, 0.15) is 0 Å². The molecule has 1 N–H and O–H groups in total. The number of halogens is 1. The molecular formula is C17H18ClN. The minimum atomic E-state index is 0.180. The average molecular weight is 272 g/mol. The molecule has 0 amide bonds. The van der Waals surface area contributed by atoms with Crippen molar-refractivity contribution >= 4 is 11.6 Å². The van der Waals surface area contributed by atoms with Gasteiger partial charge in [-0.2, -0.15) is 0 Å². The molecular weight excluding hydrogens is 254 g/mol. The van der Waals surface area contributed by atoms with Gasteiger partial charge in [0.2, 0.25) is 0 Å². The highest BCUT2D eigenvalue weighted by Gasteiger charge is 2.32. The highest BCUT2D eigenvalue weighted by atomic mass is 35.5. The molecule has 19 heavy (non-hydrogen) atoms. The summed E-state index contributed by atoms with van der Waals surface area (Å²) >= 11 is 5.98. The van der Waals surface area contributed by atoms with E-state index < -0.39 is 0 Å². The lowest BCUT2D eigenvalue weighted by molar-refractivity contribution is 0.407. The van der Waals surface area contributed by atoms with Crippen LogP contribution in [0.15, 0.2) is 48.5 Å². The number of hydrogen-bond donors (Lipinski definition) is 1. The second kappa shape index (κ2) is 4.66. The molecule has 3 rings (SSSR count). The van der Waals surface area contributed by atoms with Crippen molar-refractivity contribution in [2.45, 2.75) is 25.3 Å². The van der Waals surface area contributed by atoms with Gasteiger partial charge in [-0.1, -0.05) is 61.8 Å². The van der Waals surface area contributed by atoms with Crippen LogP contribution < -0.4 is 5.32 Å². The Morgan fingerprint density at radius 2 is 1.74 bits per heavy atom. The molecule has 1 aliphatic rings.